The summed E-state index contributed by atoms with van der Waals surface area (Å²) in [4.78, 5) is 41.4. The molecule has 1 N–H and O–H groups in total. The number of aromatic nitrogens is 1. The Balaban J connectivity index is 1.60. The lowest BCUT2D eigenvalue weighted by atomic mass is 10.1. The maximum atomic E-state index is 12.3. The third kappa shape index (κ3) is 3.40. The number of hydrogen-bond acceptors (Lipinski definition) is 4. The molecule has 2 heterocycles. The van der Waals surface area contributed by atoms with E-state index in [0.29, 0.717) is 12.0 Å². The molecule has 0 saturated carbocycles. The summed E-state index contributed by atoms with van der Waals surface area (Å²) < 4.78 is 0. The average molecular weight is 324 g/mol. The monoisotopic (exact) mass is 324 g/mol. The molecule has 1 aliphatic heterocycles. The summed E-state index contributed by atoms with van der Waals surface area (Å²) in [6, 6.07) is 12.3. The van der Waals surface area contributed by atoms with Crippen molar-refractivity contribution in [3.05, 3.63) is 66.0 Å². The Bertz CT molecular complexity index is 749. The Kier molecular flexibility index (Phi) is 4.51. The highest BCUT2D eigenvalue weighted by Gasteiger charge is 2.36. The number of benzene rings is 1. The van der Waals surface area contributed by atoms with Gasteiger partial charge >= 0.3 is 6.03 Å². The minimum atomic E-state index is -0.520. The molecule has 24 heavy (non-hydrogen) atoms. The predicted molar refractivity (Wildman–Crippen MR) is 85.7 cm³/mol. The summed E-state index contributed by atoms with van der Waals surface area (Å²) in [5.41, 5.74) is 3.80. The van der Waals surface area contributed by atoms with Crippen molar-refractivity contribution >= 4 is 17.8 Å². The van der Waals surface area contributed by atoms with Gasteiger partial charge in [0.15, 0.2) is 0 Å². The maximum Gasteiger partial charge on any atom is 0.345 e. The molecule has 0 spiro atoms. The van der Waals surface area contributed by atoms with Gasteiger partial charge in [0, 0.05) is 18.9 Å². The molecular weight excluding hydrogens is 308 g/mol. The number of urea groups is 1. The van der Waals surface area contributed by atoms with Crippen molar-refractivity contribution in [3.63, 3.8) is 0 Å². The Hall–Kier alpha value is -3.22. The van der Waals surface area contributed by atoms with Crippen molar-refractivity contribution in [1.82, 2.24) is 20.3 Å². The summed E-state index contributed by atoms with van der Waals surface area (Å²) in [6.45, 7) is 0.112. The Labute approximate surface area is 138 Å². The zero-order valence-electron chi connectivity index (χ0n) is 12.9. The van der Waals surface area contributed by atoms with E-state index >= 15 is 0 Å². The number of rotatable bonds is 5. The Morgan fingerprint density at radius 3 is 2.62 bits per heavy atom. The first-order chi connectivity index (χ1) is 11.6. The van der Waals surface area contributed by atoms with E-state index in [2.05, 4.69) is 10.4 Å². The van der Waals surface area contributed by atoms with E-state index in [1.165, 1.54) is 6.20 Å². The highest BCUT2D eigenvalue weighted by Crippen LogP contribution is 2.11. The molecule has 0 unspecified atom stereocenters. The molecule has 0 bridgehead atoms. The standard InChI is InChI=1S/C17H16N4O3/c22-15-12-21(19-16(23)14-7-4-9-18-11-14)17(24)20(15)10-8-13-5-2-1-3-6-13/h1-7,9,11H,8,10,12H2,(H,19,23). The first-order valence-corrected chi connectivity index (χ1v) is 7.52. The molecule has 122 valence electrons. The molecule has 1 saturated heterocycles. The molecule has 0 radical (unpaired) electrons. The number of nitrogens with zero attached hydrogens (tertiary/aromatic N) is 3. The van der Waals surface area contributed by atoms with Crippen LogP contribution < -0.4 is 5.43 Å². The smallest absolute Gasteiger partial charge is 0.272 e. The fourth-order valence-electron chi connectivity index (χ4n) is 2.42. The van der Waals surface area contributed by atoms with E-state index in [0.717, 1.165) is 15.5 Å². The normalized spacial score (nSPS) is 14.2. The second-order valence-electron chi connectivity index (χ2n) is 5.33. The Morgan fingerprint density at radius 1 is 1.12 bits per heavy atom. The van der Waals surface area contributed by atoms with Crippen LogP contribution in [0, 0.1) is 0 Å². The van der Waals surface area contributed by atoms with Crippen LogP contribution in [0.2, 0.25) is 0 Å². The lowest BCUT2D eigenvalue weighted by Gasteiger charge is -2.17. The number of imide groups is 1. The SMILES string of the molecule is O=C(NN1CC(=O)N(CCc2ccccc2)C1=O)c1cccnc1. The number of amides is 4. The fourth-order valence-corrected chi connectivity index (χ4v) is 2.42. The van der Waals surface area contributed by atoms with Crippen LogP contribution in [0.25, 0.3) is 0 Å². The number of pyridine rings is 1. The predicted octanol–water partition coefficient (Wildman–Crippen LogP) is 1.23. The van der Waals surface area contributed by atoms with Crippen molar-refractivity contribution in [2.24, 2.45) is 0 Å². The van der Waals surface area contributed by atoms with Gasteiger partial charge in [0.1, 0.15) is 6.54 Å². The summed E-state index contributed by atoms with van der Waals surface area (Å²) in [6.07, 6.45) is 3.51. The number of hydrazine groups is 1. The molecule has 4 amide bonds. The second-order valence-corrected chi connectivity index (χ2v) is 5.33. The van der Waals surface area contributed by atoms with Gasteiger partial charge in [0.25, 0.3) is 11.8 Å². The number of carbonyl (C=O) groups is 3. The van der Waals surface area contributed by atoms with Gasteiger partial charge < -0.3 is 0 Å². The minimum Gasteiger partial charge on any atom is -0.272 e. The van der Waals surface area contributed by atoms with Crippen LogP contribution in [0.15, 0.2) is 54.9 Å². The largest absolute Gasteiger partial charge is 0.345 e. The molecule has 3 rings (SSSR count). The first kappa shape index (κ1) is 15.7. The van der Waals surface area contributed by atoms with Crippen LogP contribution in [0.5, 0.6) is 0 Å². The van der Waals surface area contributed by atoms with Gasteiger partial charge in [-0.2, -0.15) is 0 Å². The van der Waals surface area contributed by atoms with Crippen molar-refractivity contribution in [1.29, 1.82) is 0 Å². The molecule has 1 aromatic heterocycles. The molecule has 7 heteroatoms. The summed E-state index contributed by atoms with van der Waals surface area (Å²) >= 11 is 0. The van der Waals surface area contributed by atoms with Gasteiger partial charge in [-0.05, 0) is 24.1 Å². The molecule has 2 aromatic rings. The van der Waals surface area contributed by atoms with Gasteiger partial charge in [-0.1, -0.05) is 30.3 Å². The molecule has 7 nitrogen and oxygen atoms in total. The third-order valence-corrected chi connectivity index (χ3v) is 3.68. The molecule has 1 aliphatic rings. The van der Waals surface area contributed by atoms with Crippen LogP contribution in [0.4, 0.5) is 4.79 Å². The summed E-state index contributed by atoms with van der Waals surface area (Å²) in [5.74, 6) is -0.809. The minimum absolute atomic E-state index is 0.167. The van der Waals surface area contributed by atoms with Crippen molar-refractivity contribution in [2.75, 3.05) is 13.1 Å². The lowest BCUT2D eigenvalue weighted by molar-refractivity contribution is -0.125. The van der Waals surface area contributed by atoms with E-state index in [9.17, 15) is 14.4 Å². The van der Waals surface area contributed by atoms with Crippen LogP contribution in [-0.2, 0) is 11.2 Å². The van der Waals surface area contributed by atoms with Gasteiger partial charge in [0.2, 0.25) is 0 Å². The van der Waals surface area contributed by atoms with E-state index in [1.54, 1.807) is 18.3 Å². The molecule has 0 aliphatic carbocycles. The van der Waals surface area contributed by atoms with E-state index in [-0.39, 0.29) is 19.0 Å². The highest BCUT2D eigenvalue weighted by molar-refractivity contribution is 6.04. The van der Waals surface area contributed by atoms with Crippen molar-refractivity contribution in [2.45, 2.75) is 6.42 Å². The number of nitrogens with one attached hydrogen (secondary N) is 1. The molecule has 1 fully saturated rings. The quantitative estimate of drug-likeness (QED) is 0.839. The van der Waals surface area contributed by atoms with Crippen LogP contribution >= 0.6 is 0 Å². The topological polar surface area (TPSA) is 82.6 Å². The fraction of sp³-hybridized carbons (Fsp3) is 0.176. The zero-order chi connectivity index (χ0) is 16.9. The summed E-state index contributed by atoms with van der Waals surface area (Å²) in [5, 5.41) is 1.03. The van der Waals surface area contributed by atoms with Crippen LogP contribution in [0.3, 0.4) is 0 Å². The maximum absolute atomic E-state index is 12.3. The number of carbonyl (C=O) groups excluding carboxylic acids is 3. The zero-order valence-corrected chi connectivity index (χ0v) is 12.9. The molecular formula is C17H16N4O3. The number of hydrogen-bond donors (Lipinski definition) is 1. The highest BCUT2D eigenvalue weighted by atomic mass is 16.2. The van der Waals surface area contributed by atoms with Gasteiger partial charge in [-0.3, -0.25) is 24.9 Å². The summed E-state index contributed by atoms with van der Waals surface area (Å²) in [7, 11) is 0. The molecule has 0 atom stereocenters. The second kappa shape index (κ2) is 6.91. The van der Waals surface area contributed by atoms with Crippen LogP contribution in [-0.4, -0.2) is 45.8 Å². The van der Waals surface area contributed by atoms with Gasteiger partial charge in [-0.15, -0.1) is 0 Å². The van der Waals surface area contributed by atoms with Crippen molar-refractivity contribution in [3.8, 4) is 0 Å². The van der Waals surface area contributed by atoms with E-state index < -0.39 is 11.9 Å². The van der Waals surface area contributed by atoms with E-state index in [4.69, 9.17) is 0 Å². The average Bonchev–Trinajstić information content (AvgIpc) is 2.88. The van der Waals surface area contributed by atoms with Gasteiger partial charge in [-0.25, -0.2) is 9.80 Å². The van der Waals surface area contributed by atoms with Crippen molar-refractivity contribution < 1.29 is 14.4 Å². The lowest BCUT2D eigenvalue weighted by Crippen LogP contribution is -2.45. The molecule has 1 aromatic carbocycles. The van der Waals surface area contributed by atoms with Crippen LogP contribution in [0.1, 0.15) is 15.9 Å². The Morgan fingerprint density at radius 2 is 1.92 bits per heavy atom. The van der Waals surface area contributed by atoms with E-state index in [1.807, 2.05) is 30.3 Å². The first-order valence-electron chi connectivity index (χ1n) is 7.52. The third-order valence-electron chi connectivity index (χ3n) is 3.68. The van der Waals surface area contributed by atoms with Gasteiger partial charge in [0.05, 0.1) is 5.56 Å².